The fourth-order valence-electron chi connectivity index (χ4n) is 1.69. The van der Waals surface area contributed by atoms with Crippen molar-refractivity contribution in [3.63, 3.8) is 0 Å². The van der Waals surface area contributed by atoms with E-state index >= 15 is 0 Å². The first-order valence-electron chi connectivity index (χ1n) is 4.78. The number of carbonyl (C=O) groups is 1. The summed E-state index contributed by atoms with van der Waals surface area (Å²) in [6, 6.07) is 2.13. The minimum atomic E-state index is -0.763. The first-order chi connectivity index (χ1) is 6.45. The third-order valence-corrected chi connectivity index (χ3v) is 2.61. The normalized spacial score (nSPS) is 18.6. The van der Waals surface area contributed by atoms with Gasteiger partial charge in [-0.15, -0.1) is 0 Å². The summed E-state index contributed by atoms with van der Waals surface area (Å²) in [5.41, 5.74) is -0.683. The molecule has 0 saturated carbocycles. The van der Waals surface area contributed by atoms with Crippen LogP contribution in [-0.4, -0.2) is 35.6 Å². The van der Waals surface area contributed by atoms with E-state index in [4.69, 9.17) is 10.4 Å². The van der Waals surface area contributed by atoms with Crippen LogP contribution >= 0.6 is 0 Å². The largest absolute Gasteiger partial charge is 0.481 e. The summed E-state index contributed by atoms with van der Waals surface area (Å²) in [5, 5.41) is 17.3. The predicted molar refractivity (Wildman–Crippen MR) is 51.6 cm³/mol. The van der Waals surface area contributed by atoms with Gasteiger partial charge in [0.1, 0.15) is 0 Å². The van der Waals surface area contributed by atoms with Crippen molar-refractivity contribution in [1.82, 2.24) is 4.90 Å². The van der Waals surface area contributed by atoms with Crippen molar-refractivity contribution in [2.75, 3.05) is 19.6 Å². The van der Waals surface area contributed by atoms with Gasteiger partial charge < -0.3 is 10.0 Å². The van der Waals surface area contributed by atoms with E-state index in [2.05, 4.69) is 11.0 Å². The smallest absolute Gasteiger partial charge is 0.310 e. The highest BCUT2D eigenvalue weighted by molar-refractivity contribution is 5.73. The van der Waals surface area contributed by atoms with Crippen molar-refractivity contribution in [3.05, 3.63) is 0 Å². The van der Waals surface area contributed by atoms with Crippen LogP contribution in [0.1, 0.15) is 20.3 Å². The van der Waals surface area contributed by atoms with Crippen LogP contribution in [-0.2, 0) is 4.79 Å². The molecule has 1 aliphatic rings. The van der Waals surface area contributed by atoms with Gasteiger partial charge in [0, 0.05) is 26.1 Å². The first kappa shape index (κ1) is 11.0. The molecule has 1 rings (SSSR count). The van der Waals surface area contributed by atoms with E-state index in [1.54, 1.807) is 13.8 Å². The number of nitriles is 1. The Morgan fingerprint density at radius 3 is 2.64 bits per heavy atom. The summed E-state index contributed by atoms with van der Waals surface area (Å²) in [5.74, 6) is -0.314. The van der Waals surface area contributed by atoms with Gasteiger partial charge in [-0.25, -0.2) is 0 Å². The zero-order chi connectivity index (χ0) is 10.8. The third-order valence-electron chi connectivity index (χ3n) is 2.61. The van der Waals surface area contributed by atoms with Gasteiger partial charge in [0.15, 0.2) is 0 Å². The molecule has 1 N–H and O–H groups in total. The quantitative estimate of drug-likeness (QED) is 0.726. The number of carboxylic acids is 1. The second kappa shape index (κ2) is 3.97. The molecule has 0 aromatic heterocycles. The Morgan fingerprint density at radius 2 is 2.21 bits per heavy atom. The lowest BCUT2D eigenvalue weighted by molar-refractivity contribution is -0.149. The number of aliphatic carboxylic acids is 1. The van der Waals surface area contributed by atoms with Gasteiger partial charge in [-0.3, -0.25) is 4.79 Å². The van der Waals surface area contributed by atoms with E-state index in [0.29, 0.717) is 18.9 Å². The monoisotopic (exact) mass is 196 g/mol. The minimum Gasteiger partial charge on any atom is -0.481 e. The lowest BCUT2D eigenvalue weighted by atomic mass is 9.88. The molecule has 14 heavy (non-hydrogen) atoms. The fourth-order valence-corrected chi connectivity index (χ4v) is 1.69. The fraction of sp³-hybridized carbons (Fsp3) is 0.800. The number of rotatable bonds is 4. The van der Waals surface area contributed by atoms with E-state index in [1.165, 1.54) is 0 Å². The highest BCUT2D eigenvalue weighted by Gasteiger charge is 2.35. The molecule has 0 atom stereocenters. The molecule has 1 heterocycles. The van der Waals surface area contributed by atoms with Crippen molar-refractivity contribution < 1.29 is 9.90 Å². The maximum atomic E-state index is 10.8. The molecule has 1 fully saturated rings. The Kier molecular flexibility index (Phi) is 3.12. The molecule has 0 aromatic carbocycles. The maximum Gasteiger partial charge on any atom is 0.310 e. The summed E-state index contributed by atoms with van der Waals surface area (Å²) in [6.07, 6.45) is 0.587. The zero-order valence-corrected chi connectivity index (χ0v) is 8.66. The summed E-state index contributed by atoms with van der Waals surface area (Å²) < 4.78 is 0. The van der Waals surface area contributed by atoms with Gasteiger partial charge in [0.05, 0.1) is 11.5 Å². The van der Waals surface area contributed by atoms with E-state index in [9.17, 15) is 4.79 Å². The molecule has 0 radical (unpaired) electrons. The predicted octanol–water partition coefficient (Wildman–Crippen LogP) is 0.943. The maximum absolute atomic E-state index is 10.8. The van der Waals surface area contributed by atoms with E-state index in [-0.39, 0.29) is 0 Å². The summed E-state index contributed by atoms with van der Waals surface area (Å²) >= 11 is 0. The van der Waals surface area contributed by atoms with E-state index in [1.807, 2.05) is 0 Å². The Balaban J connectivity index is 2.30. The number of likely N-dealkylation sites (tertiary alicyclic amines) is 1. The van der Waals surface area contributed by atoms with Crippen molar-refractivity contribution in [2.45, 2.75) is 20.3 Å². The molecule has 0 spiro atoms. The van der Waals surface area contributed by atoms with Gasteiger partial charge in [0.25, 0.3) is 0 Å². The molecule has 1 saturated heterocycles. The Bertz CT molecular complexity index is 262. The van der Waals surface area contributed by atoms with Crippen molar-refractivity contribution >= 4 is 5.97 Å². The average Bonchev–Trinajstić information content (AvgIpc) is 2.00. The van der Waals surface area contributed by atoms with Gasteiger partial charge >= 0.3 is 5.97 Å². The van der Waals surface area contributed by atoms with Crippen molar-refractivity contribution in [3.8, 4) is 6.07 Å². The molecule has 78 valence electrons. The second-order valence-corrected chi connectivity index (χ2v) is 4.61. The number of hydrogen-bond donors (Lipinski definition) is 1. The lowest BCUT2D eigenvalue weighted by Crippen LogP contribution is -2.51. The molecule has 4 nitrogen and oxygen atoms in total. The molecule has 4 heteroatoms. The van der Waals surface area contributed by atoms with E-state index in [0.717, 1.165) is 13.1 Å². The Morgan fingerprint density at radius 1 is 1.64 bits per heavy atom. The molecule has 0 amide bonds. The van der Waals surface area contributed by atoms with Crippen LogP contribution in [0.25, 0.3) is 0 Å². The topological polar surface area (TPSA) is 64.3 Å². The SMILES string of the molecule is CC(C)(CN1CC(CC#N)C1)C(=O)O. The van der Waals surface area contributed by atoms with Crippen LogP contribution in [0.15, 0.2) is 0 Å². The van der Waals surface area contributed by atoms with Gasteiger partial charge in [-0.05, 0) is 19.8 Å². The first-order valence-corrected chi connectivity index (χ1v) is 4.78. The lowest BCUT2D eigenvalue weighted by Gasteiger charge is -2.41. The molecular formula is C10H16N2O2. The highest BCUT2D eigenvalue weighted by atomic mass is 16.4. The standard InChI is InChI=1S/C10H16N2O2/c1-10(2,9(13)14)7-12-5-8(6-12)3-4-11/h8H,3,5-7H2,1-2H3,(H,13,14). The molecular weight excluding hydrogens is 180 g/mol. The molecule has 0 unspecified atom stereocenters. The molecule has 1 aliphatic heterocycles. The number of hydrogen-bond acceptors (Lipinski definition) is 3. The van der Waals surface area contributed by atoms with Gasteiger partial charge in [-0.1, -0.05) is 0 Å². The number of nitrogens with zero attached hydrogens (tertiary/aromatic N) is 2. The molecule has 0 aromatic rings. The Labute approximate surface area is 84.1 Å². The zero-order valence-electron chi connectivity index (χ0n) is 8.66. The third kappa shape index (κ3) is 2.46. The van der Waals surface area contributed by atoms with Crippen LogP contribution in [0.2, 0.25) is 0 Å². The molecule has 0 aliphatic carbocycles. The second-order valence-electron chi connectivity index (χ2n) is 4.61. The summed E-state index contributed by atoms with van der Waals surface area (Å²) in [4.78, 5) is 12.9. The van der Waals surface area contributed by atoms with Crippen molar-refractivity contribution in [1.29, 1.82) is 5.26 Å². The van der Waals surface area contributed by atoms with Crippen LogP contribution < -0.4 is 0 Å². The Hall–Kier alpha value is -1.08. The van der Waals surface area contributed by atoms with Gasteiger partial charge in [-0.2, -0.15) is 5.26 Å². The highest BCUT2D eigenvalue weighted by Crippen LogP contribution is 2.24. The minimum absolute atomic E-state index is 0.449. The van der Waals surface area contributed by atoms with Crippen LogP contribution in [0, 0.1) is 22.7 Å². The van der Waals surface area contributed by atoms with E-state index < -0.39 is 11.4 Å². The molecule has 0 bridgehead atoms. The summed E-state index contributed by atoms with van der Waals surface area (Å²) in [6.45, 7) is 5.76. The number of carboxylic acid groups (broad SMARTS) is 1. The average molecular weight is 196 g/mol. The van der Waals surface area contributed by atoms with Crippen LogP contribution in [0.4, 0.5) is 0 Å². The van der Waals surface area contributed by atoms with Crippen molar-refractivity contribution in [2.24, 2.45) is 11.3 Å². The van der Waals surface area contributed by atoms with Gasteiger partial charge in [0.2, 0.25) is 0 Å². The van der Waals surface area contributed by atoms with Crippen LogP contribution in [0.5, 0.6) is 0 Å². The summed E-state index contributed by atoms with van der Waals surface area (Å²) in [7, 11) is 0. The van der Waals surface area contributed by atoms with Crippen LogP contribution in [0.3, 0.4) is 0 Å².